The van der Waals surface area contributed by atoms with Gasteiger partial charge in [0.15, 0.2) is 9.84 Å². The van der Waals surface area contributed by atoms with Gasteiger partial charge in [-0.2, -0.15) is 11.8 Å². The number of hydrogen-bond acceptors (Lipinski definition) is 4. The van der Waals surface area contributed by atoms with E-state index in [-0.39, 0.29) is 16.2 Å². The molecule has 1 rings (SSSR count). The summed E-state index contributed by atoms with van der Waals surface area (Å²) in [4.78, 5) is 10.9. The number of carboxylic acids is 1. The van der Waals surface area contributed by atoms with E-state index in [1.807, 2.05) is 0 Å². The number of rotatable bonds is 8. The van der Waals surface area contributed by atoms with Gasteiger partial charge < -0.3 is 5.11 Å². The summed E-state index contributed by atoms with van der Waals surface area (Å²) in [6, 6.07) is 5.50. The average molecular weight is 302 g/mol. The Morgan fingerprint density at radius 2 is 2.05 bits per heavy atom. The van der Waals surface area contributed by atoms with Gasteiger partial charge in [-0.1, -0.05) is 19.4 Å². The van der Waals surface area contributed by atoms with Crippen molar-refractivity contribution < 1.29 is 18.3 Å². The number of carboxylic acid groups (broad SMARTS) is 1. The molecule has 0 spiro atoms. The molecule has 106 valence electrons. The Labute approximate surface area is 118 Å². The van der Waals surface area contributed by atoms with Crippen LogP contribution in [0.1, 0.15) is 30.1 Å². The third-order valence-corrected chi connectivity index (χ3v) is 5.62. The first-order valence-corrected chi connectivity index (χ1v) is 8.92. The van der Waals surface area contributed by atoms with Crippen molar-refractivity contribution >= 4 is 27.6 Å². The summed E-state index contributed by atoms with van der Waals surface area (Å²) >= 11 is 1.61. The number of aromatic carboxylic acids is 1. The predicted molar refractivity (Wildman–Crippen MR) is 77.7 cm³/mol. The van der Waals surface area contributed by atoms with Crippen LogP contribution in [-0.4, -0.2) is 36.8 Å². The van der Waals surface area contributed by atoms with Crippen LogP contribution < -0.4 is 0 Å². The molecule has 0 unspecified atom stereocenters. The Balaban J connectivity index is 2.66. The van der Waals surface area contributed by atoms with Crippen molar-refractivity contribution in [2.45, 2.75) is 24.7 Å². The Bertz CT molecular complexity index is 523. The summed E-state index contributed by atoms with van der Waals surface area (Å²) < 4.78 is 24.1. The highest BCUT2D eigenvalue weighted by molar-refractivity contribution is 8.00. The molecule has 0 atom stereocenters. The smallest absolute Gasteiger partial charge is 0.335 e. The fraction of sp³-hybridized carbons (Fsp3) is 0.462. The zero-order chi connectivity index (χ0) is 14.3. The fourth-order valence-corrected chi connectivity index (χ4v) is 4.33. The summed E-state index contributed by atoms with van der Waals surface area (Å²) in [7, 11) is -3.39. The standard InChI is InChI=1S/C13H18O4S2/c1-2-3-7-18-8-9-19(16,17)12-6-4-5-11(10-12)13(14)15/h4-6,10H,2-3,7-9H2,1H3,(H,14,15). The molecule has 0 heterocycles. The molecule has 0 aliphatic carbocycles. The summed E-state index contributed by atoms with van der Waals surface area (Å²) in [6.45, 7) is 2.09. The predicted octanol–water partition coefficient (Wildman–Crippen LogP) is 2.69. The van der Waals surface area contributed by atoms with Crippen LogP contribution in [0, 0.1) is 0 Å². The number of sulfone groups is 1. The Morgan fingerprint density at radius 3 is 2.68 bits per heavy atom. The molecule has 0 fully saturated rings. The van der Waals surface area contributed by atoms with Crippen LogP contribution in [0.2, 0.25) is 0 Å². The third kappa shape index (κ3) is 5.24. The monoisotopic (exact) mass is 302 g/mol. The molecule has 4 nitrogen and oxygen atoms in total. The van der Waals surface area contributed by atoms with Crippen LogP contribution in [0.5, 0.6) is 0 Å². The number of hydrogen-bond donors (Lipinski definition) is 1. The van der Waals surface area contributed by atoms with E-state index >= 15 is 0 Å². The van der Waals surface area contributed by atoms with Crippen LogP contribution >= 0.6 is 11.8 Å². The zero-order valence-corrected chi connectivity index (χ0v) is 12.5. The fourth-order valence-electron chi connectivity index (χ4n) is 1.46. The maximum Gasteiger partial charge on any atom is 0.335 e. The molecular formula is C13H18O4S2. The van der Waals surface area contributed by atoms with Crippen molar-refractivity contribution in [2.75, 3.05) is 17.3 Å². The lowest BCUT2D eigenvalue weighted by Crippen LogP contribution is -2.10. The second kappa shape index (κ2) is 7.55. The molecule has 0 amide bonds. The summed E-state index contributed by atoms with van der Waals surface area (Å²) in [5.41, 5.74) is -0.000268. The van der Waals surface area contributed by atoms with E-state index < -0.39 is 15.8 Å². The number of thioether (sulfide) groups is 1. The minimum atomic E-state index is -3.39. The van der Waals surface area contributed by atoms with Gasteiger partial charge in [0, 0.05) is 5.75 Å². The van der Waals surface area contributed by atoms with E-state index in [0.717, 1.165) is 18.6 Å². The van der Waals surface area contributed by atoms with Crippen molar-refractivity contribution in [3.8, 4) is 0 Å². The van der Waals surface area contributed by atoms with Crippen molar-refractivity contribution in [1.82, 2.24) is 0 Å². The Hall–Kier alpha value is -1.01. The van der Waals surface area contributed by atoms with Crippen LogP contribution in [0.25, 0.3) is 0 Å². The van der Waals surface area contributed by atoms with Crippen LogP contribution in [0.4, 0.5) is 0 Å². The molecule has 1 N–H and O–H groups in total. The van der Waals surface area contributed by atoms with Gasteiger partial charge in [-0.05, 0) is 30.4 Å². The molecule has 1 aromatic rings. The largest absolute Gasteiger partial charge is 0.478 e. The molecule has 19 heavy (non-hydrogen) atoms. The highest BCUT2D eigenvalue weighted by Gasteiger charge is 2.15. The van der Waals surface area contributed by atoms with E-state index in [2.05, 4.69) is 6.92 Å². The van der Waals surface area contributed by atoms with E-state index in [9.17, 15) is 13.2 Å². The topological polar surface area (TPSA) is 71.4 Å². The third-order valence-electron chi connectivity index (χ3n) is 2.58. The van der Waals surface area contributed by atoms with Crippen LogP contribution in [0.3, 0.4) is 0 Å². The molecule has 0 aliphatic heterocycles. The quantitative estimate of drug-likeness (QED) is 0.748. The molecule has 0 bridgehead atoms. The lowest BCUT2D eigenvalue weighted by atomic mass is 10.2. The van der Waals surface area contributed by atoms with Crippen molar-refractivity contribution in [3.05, 3.63) is 29.8 Å². The van der Waals surface area contributed by atoms with Gasteiger partial charge in [-0.25, -0.2) is 13.2 Å². The Morgan fingerprint density at radius 1 is 1.32 bits per heavy atom. The second-order valence-electron chi connectivity index (χ2n) is 4.12. The van der Waals surface area contributed by atoms with Gasteiger partial charge in [0.25, 0.3) is 0 Å². The number of carbonyl (C=O) groups is 1. The minimum absolute atomic E-state index is 0.000268. The SMILES string of the molecule is CCCCSCCS(=O)(=O)c1cccc(C(=O)O)c1. The lowest BCUT2D eigenvalue weighted by Gasteiger charge is -2.05. The first-order valence-electron chi connectivity index (χ1n) is 6.11. The van der Waals surface area contributed by atoms with Gasteiger partial charge >= 0.3 is 5.97 Å². The first kappa shape index (κ1) is 16.0. The minimum Gasteiger partial charge on any atom is -0.478 e. The molecule has 6 heteroatoms. The molecule has 0 saturated heterocycles. The van der Waals surface area contributed by atoms with Crippen LogP contribution in [0.15, 0.2) is 29.2 Å². The molecular weight excluding hydrogens is 284 g/mol. The zero-order valence-electron chi connectivity index (χ0n) is 10.8. The average Bonchev–Trinajstić information content (AvgIpc) is 2.38. The van der Waals surface area contributed by atoms with Gasteiger partial charge in [0.1, 0.15) is 0 Å². The van der Waals surface area contributed by atoms with E-state index in [4.69, 9.17) is 5.11 Å². The van der Waals surface area contributed by atoms with E-state index in [1.165, 1.54) is 24.3 Å². The maximum atomic E-state index is 12.0. The first-order chi connectivity index (χ1) is 8.97. The summed E-state index contributed by atoms with van der Waals surface area (Å²) in [5.74, 6) is 0.431. The molecule has 0 aromatic heterocycles. The van der Waals surface area contributed by atoms with Crippen molar-refractivity contribution in [2.24, 2.45) is 0 Å². The van der Waals surface area contributed by atoms with Gasteiger partial charge in [0.05, 0.1) is 16.2 Å². The lowest BCUT2D eigenvalue weighted by molar-refractivity contribution is 0.0696. The Kier molecular flexibility index (Phi) is 6.37. The van der Waals surface area contributed by atoms with Crippen molar-refractivity contribution in [1.29, 1.82) is 0 Å². The van der Waals surface area contributed by atoms with Gasteiger partial charge in [-0.15, -0.1) is 0 Å². The highest BCUT2D eigenvalue weighted by Crippen LogP contribution is 2.15. The highest BCUT2D eigenvalue weighted by atomic mass is 32.2. The number of benzene rings is 1. The second-order valence-corrected chi connectivity index (χ2v) is 7.45. The van der Waals surface area contributed by atoms with Gasteiger partial charge in [0.2, 0.25) is 0 Å². The van der Waals surface area contributed by atoms with Crippen LogP contribution in [-0.2, 0) is 9.84 Å². The summed E-state index contributed by atoms with van der Waals surface area (Å²) in [5, 5.41) is 8.85. The summed E-state index contributed by atoms with van der Waals surface area (Å²) in [6.07, 6.45) is 2.18. The molecule has 1 aromatic carbocycles. The normalized spacial score (nSPS) is 11.4. The van der Waals surface area contributed by atoms with E-state index in [0.29, 0.717) is 5.75 Å². The maximum absolute atomic E-state index is 12.0. The molecule has 0 aliphatic rings. The molecule has 0 saturated carbocycles. The van der Waals surface area contributed by atoms with E-state index in [1.54, 1.807) is 11.8 Å². The van der Waals surface area contributed by atoms with Crippen molar-refractivity contribution in [3.63, 3.8) is 0 Å². The van der Waals surface area contributed by atoms with Gasteiger partial charge in [-0.3, -0.25) is 0 Å². The number of unbranched alkanes of at least 4 members (excludes halogenated alkanes) is 1. The molecule has 0 radical (unpaired) electrons.